The van der Waals surface area contributed by atoms with Crippen LogP contribution >= 0.6 is 0 Å². The minimum Gasteiger partial charge on any atom is -0.419 e. The van der Waals surface area contributed by atoms with E-state index in [0.29, 0.717) is 5.39 Å². The number of fused-ring (bicyclic) bond motifs is 1. The first-order valence-corrected chi connectivity index (χ1v) is 4.63. The molecular formula is C12H10O3. The second-order valence-corrected chi connectivity index (χ2v) is 3.54. The molecule has 0 saturated heterocycles. The Bertz CT molecular complexity index is 593. The van der Waals surface area contributed by atoms with Crippen LogP contribution in [0.3, 0.4) is 0 Å². The summed E-state index contributed by atoms with van der Waals surface area (Å²) in [5, 5.41) is 1.25. The highest BCUT2D eigenvalue weighted by molar-refractivity contribution is 5.95. The van der Waals surface area contributed by atoms with Crippen molar-refractivity contribution in [1.82, 2.24) is 0 Å². The van der Waals surface area contributed by atoms with Gasteiger partial charge in [-0.2, -0.15) is 0 Å². The molecular weight excluding hydrogens is 192 g/mol. The number of Topliss-reactive ketones (excluding diaryl/α,β-unsaturated/α-hetero) is 1. The quantitative estimate of drug-likeness (QED) is 0.666. The van der Waals surface area contributed by atoms with Gasteiger partial charge in [0.1, 0.15) is 0 Å². The molecule has 0 spiro atoms. The van der Waals surface area contributed by atoms with E-state index in [-0.39, 0.29) is 11.5 Å². The number of ketones is 1. The molecule has 3 nitrogen and oxygen atoms in total. The molecule has 0 unspecified atom stereocenters. The molecule has 76 valence electrons. The average molecular weight is 202 g/mol. The maximum Gasteiger partial charge on any atom is 0.344 e. The molecule has 0 radical (unpaired) electrons. The van der Waals surface area contributed by atoms with E-state index in [1.54, 1.807) is 12.1 Å². The maximum absolute atomic E-state index is 11.5. The van der Waals surface area contributed by atoms with Crippen LogP contribution in [0.5, 0.6) is 0 Å². The Balaban J connectivity index is 2.84. The fourth-order valence-electron chi connectivity index (χ4n) is 1.47. The summed E-state index contributed by atoms with van der Waals surface area (Å²) in [5.41, 5.74) is 0.534. The summed E-state index contributed by atoms with van der Waals surface area (Å²) in [4.78, 5) is 22.6. The summed E-state index contributed by atoms with van der Waals surface area (Å²) < 4.78 is 4.90. The molecule has 0 fully saturated rings. The van der Waals surface area contributed by atoms with Crippen LogP contribution in [0.1, 0.15) is 23.0 Å². The number of carbonyl (C=O) groups is 1. The van der Waals surface area contributed by atoms with Crippen molar-refractivity contribution < 1.29 is 9.21 Å². The van der Waals surface area contributed by atoms with Gasteiger partial charge in [0.15, 0.2) is 11.5 Å². The lowest BCUT2D eigenvalue weighted by Crippen LogP contribution is -2.04. The number of hydrogen-bond acceptors (Lipinski definition) is 3. The summed E-state index contributed by atoms with van der Waals surface area (Å²) >= 11 is 0. The van der Waals surface area contributed by atoms with Gasteiger partial charge >= 0.3 is 5.63 Å². The molecule has 0 N–H and O–H groups in total. The average Bonchev–Trinajstić information content (AvgIpc) is 2.18. The lowest BCUT2D eigenvalue weighted by Gasteiger charge is -1.99. The first-order chi connectivity index (χ1) is 7.08. The highest BCUT2D eigenvalue weighted by atomic mass is 16.4. The van der Waals surface area contributed by atoms with Crippen LogP contribution in [0.2, 0.25) is 0 Å². The minimum absolute atomic E-state index is 0.108. The third-order valence-electron chi connectivity index (χ3n) is 2.26. The zero-order chi connectivity index (χ0) is 11.0. The van der Waals surface area contributed by atoms with Gasteiger partial charge < -0.3 is 4.42 Å². The lowest BCUT2D eigenvalue weighted by atomic mass is 10.1. The van der Waals surface area contributed by atoms with Crippen molar-refractivity contribution in [3.05, 3.63) is 46.0 Å². The van der Waals surface area contributed by atoms with Gasteiger partial charge in [-0.05, 0) is 24.4 Å². The standard InChI is InChI=1S/C12H10O3/c1-7-3-4-9-6-11(8(2)13)15-12(14)10(9)5-7/h3-6H,1-2H3. The smallest absolute Gasteiger partial charge is 0.344 e. The van der Waals surface area contributed by atoms with E-state index in [1.807, 2.05) is 19.1 Å². The highest BCUT2D eigenvalue weighted by Gasteiger charge is 2.07. The third-order valence-corrected chi connectivity index (χ3v) is 2.26. The van der Waals surface area contributed by atoms with E-state index >= 15 is 0 Å². The molecule has 0 saturated carbocycles. The summed E-state index contributed by atoms with van der Waals surface area (Å²) in [6, 6.07) is 7.06. The van der Waals surface area contributed by atoms with Crippen LogP contribution in [-0.2, 0) is 0 Å². The fourth-order valence-corrected chi connectivity index (χ4v) is 1.47. The van der Waals surface area contributed by atoms with Crippen LogP contribution in [0.25, 0.3) is 10.8 Å². The van der Waals surface area contributed by atoms with Gasteiger partial charge in [-0.3, -0.25) is 4.79 Å². The number of rotatable bonds is 1. The van der Waals surface area contributed by atoms with Crippen LogP contribution in [-0.4, -0.2) is 5.78 Å². The Hall–Kier alpha value is -1.90. The molecule has 0 aliphatic carbocycles. The van der Waals surface area contributed by atoms with E-state index in [4.69, 9.17) is 4.42 Å². The third kappa shape index (κ3) is 1.68. The van der Waals surface area contributed by atoms with Gasteiger partial charge in [0.05, 0.1) is 5.39 Å². The van der Waals surface area contributed by atoms with Gasteiger partial charge in [0.25, 0.3) is 0 Å². The molecule has 0 aliphatic rings. The zero-order valence-electron chi connectivity index (χ0n) is 8.53. The second-order valence-electron chi connectivity index (χ2n) is 3.54. The van der Waals surface area contributed by atoms with Crippen molar-refractivity contribution in [3.8, 4) is 0 Å². The Morgan fingerprint density at radius 3 is 2.67 bits per heavy atom. The first-order valence-electron chi connectivity index (χ1n) is 4.63. The predicted molar refractivity (Wildman–Crippen MR) is 57.2 cm³/mol. The van der Waals surface area contributed by atoms with Gasteiger partial charge in [-0.15, -0.1) is 0 Å². The van der Waals surface area contributed by atoms with Gasteiger partial charge in [-0.1, -0.05) is 17.7 Å². The highest BCUT2D eigenvalue weighted by Crippen LogP contribution is 2.14. The molecule has 2 rings (SSSR count). The van der Waals surface area contributed by atoms with Crippen molar-refractivity contribution in [3.63, 3.8) is 0 Å². The van der Waals surface area contributed by atoms with Gasteiger partial charge in [0, 0.05) is 6.92 Å². The van der Waals surface area contributed by atoms with Crippen molar-refractivity contribution >= 4 is 16.6 Å². The monoisotopic (exact) mass is 202 g/mol. The summed E-state index contributed by atoms with van der Waals surface area (Å²) in [6.45, 7) is 3.27. The summed E-state index contributed by atoms with van der Waals surface area (Å²) in [7, 11) is 0. The number of benzene rings is 1. The largest absolute Gasteiger partial charge is 0.419 e. The number of carbonyl (C=O) groups excluding carboxylic acids is 1. The normalized spacial score (nSPS) is 10.5. The zero-order valence-corrected chi connectivity index (χ0v) is 8.53. The molecule has 0 atom stereocenters. The second kappa shape index (κ2) is 3.35. The summed E-state index contributed by atoms with van der Waals surface area (Å²) in [6.07, 6.45) is 0. The van der Waals surface area contributed by atoms with Crippen LogP contribution in [0, 0.1) is 6.92 Å². The van der Waals surface area contributed by atoms with Crippen molar-refractivity contribution in [1.29, 1.82) is 0 Å². The van der Waals surface area contributed by atoms with E-state index in [9.17, 15) is 9.59 Å². The van der Waals surface area contributed by atoms with Crippen molar-refractivity contribution in [2.24, 2.45) is 0 Å². The van der Waals surface area contributed by atoms with Crippen LogP contribution < -0.4 is 5.63 Å². The molecule has 15 heavy (non-hydrogen) atoms. The van der Waals surface area contributed by atoms with Crippen molar-refractivity contribution in [2.45, 2.75) is 13.8 Å². The molecule has 1 aromatic carbocycles. The molecule has 0 amide bonds. The SMILES string of the molecule is CC(=O)c1cc2ccc(C)cc2c(=O)o1. The van der Waals surface area contributed by atoms with E-state index in [0.717, 1.165) is 10.9 Å². The Morgan fingerprint density at radius 1 is 1.27 bits per heavy atom. The number of aryl methyl sites for hydroxylation is 1. The molecule has 0 aliphatic heterocycles. The van der Waals surface area contributed by atoms with Crippen molar-refractivity contribution in [2.75, 3.05) is 0 Å². The molecule has 0 bridgehead atoms. The molecule has 1 aromatic heterocycles. The minimum atomic E-state index is -0.457. The molecule has 1 heterocycles. The number of hydrogen-bond donors (Lipinski definition) is 0. The van der Waals surface area contributed by atoms with E-state index < -0.39 is 5.63 Å². The summed E-state index contributed by atoms with van der Waals surface area (Å²) in [5.74, 6) is -0.133. The fraction of sp³-hybridized carbons (Fsp3) is 0.167. The van der Waals surface area contributed by atoms with Gasteiger partial charge in [0.2, 0.25) is 0 Å². The topological polar surface area (TPSA) is 47.3 Å². The van der Waals surface area contributed by atoms with Crippen LogP contribution in [0.4, 0.5) is 0 Å². The predicted octanol–water partition coefficient (Wildman–Crippen LogP) is 2.30. The Kier molecular flexibility index (Phi) is 2.15. The molecule has 2 aromatic rings. The molecule has 3 heteroatoms. The maximum atomic E-state index is 11.5. The first kappa shape index (κ1) is 9.65. The van der Waals surface area contributed by atoms with E-state index in [1.165, 1.54) is 6.92 Å². The van der Waals surface area contributed by atoms with E-state index in [2.05, 4.69) is 0 Å². The Labute approximate surface area is 86.3 Å². The van der Waals surface area contributed by atoms with Crippen LogP contribution in [0.15, 0.2) is 33.5 Å². The Morgan fingerprint density at radius 2 is 2.00 bits per heavy atom. The lowest BCUT2D eigenvalue weighted by molar-refractivity contribution is 0.0983. The van der Waals surface area contributed by atoms with Gasteiger partial charge in [-0.25, -0.2) is 4.79 Å².